The van der Waals surface area contributed by atoms with Crippen molar-refractivity contribution >= 4 is 24.2 Å². The lowest BCUT2D eigenvalue weighted by atomic mass is 9.81. The van der Waals surface area contributed by atoms with Gasteiger partial charge in [-0.25, -0.2) is 0 Å². The predicted molar refractivity (Wildman–Crippen MR) is 96.5 cm³/mol. The van der Waals surface area contributed by atoms with E-state index < -0.39 is 0 Å². The highest BCUT2D eigenvalue weighted by molar-refractivity contribution is 7.80. The summed E-state index contributed by atoms with van der Waals surface area (Å²) in [5, 5.41) is 0.825. The molecule has 0 bridgehead atoms. The average Bonchev–Trinajstić information content (AvgIpc) is 2.72. The lowest BCUT2D eigenvalue weighted by molar-refractivity contribution is 0.143. The second kappa shape index (κ2) is 7.89. The summed E-state index contributed by atoms with van der Waals surface area (Å²) >= 11 is 10.8. The highest BCUT2D eigenvalue weighted by Crippen LogP contribution is 2.38. The van der Waals surface area contributed by atoms with E-state index in [1.54, 1.807) is 0 Å². The average molecular weight is 326 g/mol. The molecule has 1 atom stereocenters. The van der Waals surface area contributed by atoms with Crippen LogP contribution in [-0.4, -0.2) is 24.2 Å². The molecule has 3 heteroatoms. The van der Waals surface area contributed by atoms with Gasteiger partial charge in [-0.05, 0) is 55.7 Å². The molecule has 0 aliphatic heterocycles. The van der Waals surface area contributed by atoms with Crippen molar-refractivity contribution in [1.82, 2.24) is 4.90 Å². The number of hydrogen-bond acceptors (Lipinski definition) is 2. The summed E-state index contributed by atoms with van der Waals surface area (Å²) in [6, 6.07) is 8.64. The van der Waals surface area contributed by atoms with Gasteiger partial charge in [0, 0.05) is 17.6 Å². The second-order valence-electron chi connectivity index (χ2n) is 6.72. The second-order valence-corrected chi connectivity index (χ2v) is 7.47. The van der Waals surface area contributed by atoms with Crippen molar-refractivity contribution in [2.24, 2.45) is 5.41 Å². The van der Waals surface area contributed by atoms with Crippen molar-refractivity contribution in [3.8, 4) is 0 Å². The quantitative estimate of drug-likeness (QED) is 0.544. The first kappa shape index (κ1) is 17.2. The standard InChI is InChI=1S/C18H28ClNS/c1-15(16-8-7-9-17(19)12-16)20(2)13-18(14-21)10-5-3-4-6-11-18/h7-9,12,15,21H,3-6,10-11,13-14H2,1-2H3. The van der Waals surface area contributed by atoms with Crippen molar-refractivity contribution in [3.63, 3.8) is 0 Å². The molecular formula is C18H28ClNS. The van der Waals surface area contributed by atoms with Crippen LogP contribution < -0.4 is 0 Å². The van der Waals surface area contributed by atoms with E-state index in [2.05, 4.69) is 31.0 Å². The molecule has 1 unspecified atom stereocenters. The molecule has 1 aliphatic rings. The zero-order valence-electron chi connectivity index (χ0n) is 13.3. The highest BCUT2D eigenvalue weighted by Gasteiger charge is 2.32. The van der Waals surface area contributed by atoms with Gasteiger partial charge in [0.2, 0.25) is 0 Å². The Morgan fingerprint density at radius 1 is 1.24 bits per heavy atom. The molecule has 0 radical (unpaired) electrons. The largest absolute Gasteiger partial charge is 0.299 e. The Kier molecular flexibility index (Phi) is 6.46. The number of rotatable bonds is 5. The molecule has 1 aromatic carbocycles. The van der Waals surface area contributed by atoms with Crippen molar-refractivity contribution in [2.75, 3.05) is 19.3 Å². The number of nitrogens with zero attached hydrogens (tertiary/aromatic N) is 1. The molecule has 1 aliphatic carbocycles. The summed E-state index contributed by atoms with van der Waals surface area (Å²) in [7, 11) is 2.24. The van der Waals surface area contributed by atoms with Gasteiger partial charge >= 0.3 is 0 Å². The smallest absolute Gasteiger partial charge is 0.0409 e. The first-order chi connectivity index (χ1) is 10.1. The van der Waals surface area contributed by atoms with Gasteiger partial charge in [-0.3, -0.25) is 4.90 Å². The van der Waals surface area contributed by atoms with E-state index in [0.29, 0.717) is 11.5 Å². The van der Waals surface area contributed by atoms with Crippen molar-refractivity contribution in [2.45, 2.75) is 51.5 Å². The minimum absolute atomic E-state index is 0.390. The third kappa shape index (κ3) is 4.64. The fourth-order valence-corrected chi connectivity index (χ4v) is 4.15. The van der Waals surface area contributed by atoms with Crippen LogP contribution in [0.3, 0.4) is 0 Å². The topological polar surface area (TPSA) is 3.24 Å². The zero-order valence-corrected chi connectivity index (χ0v) is 15.0. The molecule has 0 saturated heterocycles. The van der Waals surface area contributed by atoms with E-state index in [1.165, 1.54) is 44.1 Å². The normalized spacial score (nSPS) is 20.2. The van der Waals surface area contributed by atoms with Crippen LogP contribution in [0.2, 0.25) is 5.02 Å². The van der Waals surface area contributed by atoms with Gasteiger partial charge in [-0.15, -0.1) is 0 Å². The fourth-order valence-electron chi connectivity index (χ4n) is 3.53. The van der Waals surface area contributed by atoms with Crippen LogP contribution in [0.5, 0.6) is 0 Å². The van der Waals surface area contributed by atoms with Crippen molar-refractivity contribution in [3.05, 3.63) is 34.9 Å². The minimum Gasteiger partial charge on any atom is -0.299 e. The molecule has 1 aromatic rings. The van der Waals surface area contributed by atoms with Gasteiger partial charge in [-0.1, -0.05) is 49.4 Å². The molecular weight excluding hydrogens is 298 g/mol. The fraction of sp³-hybridized carbons (Fsp3) is 0.667. The van der Waals surface area contributed by atoms with E-state index in [-0.39, 0.29) is 0 Å². The number of hydrogen-bond donors (Lipinski definition) is 1. The highest BCUT2D eigenvalue weighted by atomic mass is 35.5. The maximum atomic E-state index is 6.13. The van der Waals surface area contributed by atoms with Crippen LogP contribution in [0, 0.1) is 5.41 Å². The Morgan fingerprint density at radius 2 is 1.90 bits per heavy atom. The first-order valence-corrected chi connectivity index (χ1v) is 9.14. The maximum Gasteiger partial charge on any atom is 0.0409 e. The molecule has 1 fully saturated rings. The molecule has 1 saturated carbocycles. The minimum atomic E-state index is 0.390. The summed E-state index contributed by atoms with van der Waals surface area (Å²) in [5.41, 5.74) is 1.69. The molecule has 0 heterocycles. The summed E-state index contributed by atoms with van der Waals surface area (Å²) < 4.78 is 0. The molecule has 0 amide bonds. The molecule has 2 rings (SSSR count). The number of benzene rings is 1. The predicted octanol–water partition coefficient (Wildman–Crippen LogP) is 5.60. The lowest BCUT2D eigenvalue weighted by Gasteiger charge is -2.38. The van der Waals surface area contributed by atoms with E-state index in [1.807, 2.05) is 12.1 Å². The van der Waals surface area contributed by atoms with Gasteiger partial charge in [0.15, 0.2) is 0 Å². The molecule has 0 N–H and O–H groups in total. The zero-order chi connectivity index (χ0) is 15.3. The molecule has 0 aromatic heterocycles. The van der Waals surface area contributed by atoms with Crippen LogP contribution >= 0.6 is 24.2 Å². The van der Waals surface area contributed by atoms with E-state index in [4.69, 9.17) is 24.2 Å². The SMILES string of the molecule is CC(c1cccc(Cl)c1)N(C)CC1(CS)CCCCCC1. The maximum absolute atomic E-state index is 6.13. The molecule has 0 spiro atoms. The Bertz CT molecular complexity index is 441. The van der Waals surface area contributed by atoms with Crippen molar-refractivity contribution in [1.29, 1.82) is 0 Å². The number of thiol groups is 1. The van der Waals surface area contributed by atoms with E-state index in [0.717, 1.165) is 17.3 Å². The Labute approximate surface area is 140 Å². The monoisotopic (exact) mass is 325 g/mol. The third-order valence-electron chi connectivity index (χ3n) is 5.08. The summed E-state index contributed by atoms with van der Waals surface area (Å²) in [6.45, 7) is 3.40. The van der Waals surface area contributed by atoms with Crippen LogP contribution in [0.15, 0.2) is 24.3 Å². The molecule has 118 valence electrons. The van der Waals surface area contributed by atoms with Gasteiger partial charge in [0.25, 0.3) is 0 Å². The van der Waals surface area contributed by atoms with Crippen LogP contribution in [-0.2, 0) is 0 Å². The third-order valence-corrected chi connectivity index (χ3v) is 5.98. The summed E-state index contributed by atoms with van der Waals surface area (Å²) in [6.07, 6.45) is 8.15. The summed E-state index contributed by atoms with van der Waals surface area (Å²) in [5.74, 6) is 1.000. The van der Waals surface area contributed by atoms with Crippen LogP contribution in [0.1, 0.15) is 57.1 Å². The molecule has 21 heavy (non-hydrogen) atoms. The number of halogens is 1. The molecule has 1 nitrogen and oxygen atoms in total. The van der Waals surface area contributed by atoms with Gasteiger partial charge in [0.1, 0.15) is 0 Å². The first-order valence-electron chi connectivity index (χ1n) is 8.13. The van der Waals surface area contributed by atoms with E-state index >= 15 is 0 Å². The van der Waals surface area contributed by atoms with Crippen molar-refractivity contribution < 1.29 is 0 Å². The summed E-state index contributed by atoms with van der Waals surface area (Å²) in [4.78, 5) is 2.48. The Morgan fingerprint density at radius 3 is 2.48 bits per heavy atom. The van der Waals surface area contributed by atoms with Gasteiger partial charge in [0.05, 0.1) is 0 Å². The Balaban J connectivity index is 2.06. The van der Waals surface area contributed by atoms with Gasteiger partial charge < -0.3 is 0 Å². The van der Waals surface area contributed by atoms with E-state index in [9.17, 15) is 0 Å². The van der Waals surface area contributed by atoms with Gasteiger partial charge in [-0.2, -0.15) is 12.6 Å². The lowest BCUT2D eigenvalue weighted by Crippen LogP contribution is -2.38. The van der Waals surface area contributed by atoms with Crippen LogP contribution in [0.25, 0.3) is 0 Å². The van der Waals surface area contributed by atoms with Crippen LogP contribution in [0.4, 0.5) is 0 Å². The Hall–Kier alpha value is -0.180.